The Morgan fingerprint density at radius 2 is 1.92 bits per heavy atom. The standard InChI is InChI=1S/C9H12O4/c10-6-13-2-1-7-3-8(11)5-9(12)4-7/h6-7H,1-5H2. The number of carbonyl (C=O) groups is 3. The van der Waals surface area contributed by atoms with E-state index in [-0.39, 0.29) is 23.9 Å². The van der Waals surface area contributed by atoms with Crippen molar-refractivity contribution < 1.29 is 19.1 Å². The molecule has 0 aromatic heterocycles. The predicted octanol–water partition coefficient (Wildman–Crippen LogP) is 0.488. The zero-order chi connectivity index (χ0) is 9.68. The minimum absolute atomic E-state index is 0.00681. The van der Waals surface area contributed by atoms with Crippen LogP contribution in [0.1, 0.15) is 25.7 Å². The third kappa shape index (κ3) is 3.36. The monoisotopic (exact) mass is 184 g/mol. The smallest absolute Gasteiger partial charge is 0.293 e. The summed E-state index contributed by atoms with van der Waals surface area (Å²) in [5.74, 6) is 0.0911. The van der Waals surface area contributed by atoms with Gasteiger partial charge < -0.3 is 4.74 Å². The molecule has 4 nitrogen and oxygen atoms in total. The molecule has 0 unspecified atom stereocenters. The van der Waals surface area contributed by atoms with Crippen molar-refractivity contribution in [3.8, 4) is 0 Å². The summed E-state index contributed by atoms with van der Waals surface area (Å²) >= 11 is 0. The lowest BCUT2D eigenvalue weighted by molar-refractivity contribution is -0.131. The zero-order valence-corrected chi connectivity index (χ0v) is 7.32. The summed E-state index contributed by atoms with van der Waals surface area (Å²) < 4.78 is 4.50. The van der Waals surface area contributed by atoms with Crippen molar-refractivity contribution in [2.45, 2.75) is 25.7 Å². The van der Waals surface area contributed by atoms with Crippen LogP contribution in [-0.4, -0.2) is 24.6 Å². The number of hydrogen-bond donors (Lipinski definition) is 0. The van der Waals surface area contributed by atoms with Crippen LogP contribution in [0, 0.1) is 5.92 Å². The van der Waals surface area contributed by atoms with Crippen molar-refractivity contribution in [3.63, 3.8) is 0 Å². The lowest BCUT2D eigenvalue weighted by atomic mass is 9.85. The zero-order valence-electron chi connectivity index (χ0n) is 7.32. The normalized spacial score (nSPS) is 18.8. The van der Waals surface area contributed by atoms with Gasteiger partial charge >= 0.3 is 0 Å². The quantitative estimate of drug-likeness (QED) is 0.362. The van der Waals surface area contributed by atoms with E-state index in [1.54, 1.807) is 0 Å². The van der Waals surface area contributed by atoms with Gasteiger partial charge in [-0.25, -0.2) is 0 Å². The van der Waals surface area contributed by atoms with Gasteiger partial charge in [0.1, 0.15) is 11.6 Å². The molecule has 1 saturated carbocycles. The molecular formula is C9H12O4. The molecule has 0 saturated heterocycles. The number of carbonyl (C=O) groups excluding carboxylic acids is 3. The maximum atomic E-state index is 11.0. The van der Waals surface area contributed by atoms with E-state index >= 15 is 0 Å². The average Bonchev–Trinajstić information content (AvgIpc) is 2.03. The minimum atomic E-state index is 0.00681. The van der Waals surface area contributed by atoms with E-state index in [1.807, 2.05) is 0 Å². The second kappa shape index (κ2) is 4.74. The fourth-order valence-electron chi connectivity index (χ4n) is 1.57. The third-order valence-electron chi connectivity index (χ3n) is 2.14. The molecule has 0 radical (unpaired) electrons. The van der Waals surface area contributed by atoms with E-state index in [4.69, 9.17) is 0 Å². The van der Waals surface area contributed by atoms with E-state index in [1.165, 1.54) is 0 Å². The Balaban J connectivity index is 2.28. The molecule has 0 N–H and O–H groups in total. The van der Waals surface area contributed by atoms with Gasteiger partial charge in [-0.2, -0.15) is 0 Å². The molecule has 0 amide bonds. The van der Waals surface area contributed by atoms with Crippen molar-refractivity contribution in [2.75, 3.05) is 6.61 Å². The Morgan fingerprint density at radius 3 is 2.46 bits per heavy atom. The SMILES string of the molecule is O=COCCC1CC(=O)CC(=O)C1. The van der Waals surface area contributed by atoms with E-state index in [0.717, 1.165) is 0 Å². The number of ketones is 2. The van der Waals surface area contributed by atoms with Gasteiger partial charge in [0, 0.05) is 12.8 Å². The summed E-state index contributed by atoms with van der Waals surface area (Å²) in [5, 5.41) is 0. The van der Waals surface area contributed by atoms with Gasteiger partial charge in [-0.15, -0.1) is 0 Å². The highest BCUT2D eigenvalue weighted by Crippen LogP contribution is 2.21. The summed E-state index contributed by atoms with van der Waals surface area (Å²) in [6.07, 6.45) is 1.60. The lowest BCUT2D eigenvalue weighted by Crippen LogP contribution is -2.23. The molecule has 0 spiro atoms. The van der Waals surface area contributed by atoms with E-state index in [0.29, 0.717) is 32.3 Å². The summed E-state index contributed by atoms with van der Waals surface area (Å²) in [4.78, 5) is 31.8. The molecule has 1 aliphatic carbocycles. The molecule has 0 aromatic rings. The second-order valence-electron chi connectivity index (χ2n) is 3.28. The van der Waals surface area contributed by atoms with Gasteiger partial charge in [0.15, 0.2) is 0 Å². The first-order chi connectivity index (χ1) is 6.22. The number of Topliss-reactive ketones (excluding diaryl/α,β-unsaturated/α-hetero) is 2. The largest absolute Gasteiger partial charge is 0.468 e. The van der Waals surface area contributed by atoms with Gasteiger partial charge in [0.05, 0.1) is 13.0 Å². The first kappa shape index (κ1) is 9.89. The molecule has 0 bridgehead atoms. The number of hydrogen-bond acceptors (Lipinski definition) is 4. The Morgan fingerprint density at radius 1 is 1.31 bits per heavy atom. The van der Waals surface area contributed by atoms with Crippen LogP contribution in [0.3, 0.4) is 0 Å². The molecule has 72 valence electrons. The Kier molecular flexibility index (Phi) is 3.61. The van der Waals surface area contributed by atoms with Crippen LogP contribution in [0.5, 0.6) is 0 Å². The second-order valence-corrected chi connectivity index (χ2v) is 3.28. The summed E-state index contributed by atoms with van der Waals surface area (Å²) in [5.41, 5.74) is 0. The molecule has 0 aliphatic heterocycles. The van der Waals surface area contributed by atoms with Gasteiger partial charge in [0.2, 0.25) is 0 Å². The van der Waals surface area contributed by atoms with Crippen molar-refractivity contribution in [1.82, 2.24) is 0 Å². The first-order valence-electron chi connectivity index (χ1n) is 4.31. The Labute approximate surface area is 76.3 Å². The molecule has 13 heavy (non-hydrogen) atoms. The molecule has 0 atom stereocenters. The van der Waals surface area contributed by atoms with Crippen LogP contribution in [0.4, 0.5) is 0 Å². The summed E-state index contributed by atoms with van der Waals surface area (Å²) in [6.45, 7) is 0.682. The minimum Gasteiger partial charge on any atom is -0.468 e. The van der Waals surface area contributed by atoms with Crippen LogP contribution < -0.4 is 0 Å². The number of rotatable bonds is 4. The van der Waals surface area contributed by atoms with Gasteiger partial charge in [-0.05, 0) is 12.3 Å². The Hall–Kier alpha value is -1.19. The van der Waals surface area contributed by atoms with Crippen LogP contribution in [-0.2, 0) is 19.1 Å². The van der Waals surface area contributed by atoms with E-state index in [9.17, 15) is 14.4 Å². The predicted molar refractivity (Wildman–Crippen MR) is 44.0 cm³/mol. The first-order valence-corrected chi connectivity index (χ1v) is 4.31. The number of ether oxygens (including phenoxy) is 1. The average molecular weight is 184 g/mol. The van der Waals surface area contributed by atoms with Crippen LogP contribution >= 0.6 is 0 Å². The Bertz CT molecular complexity index is 206. The van der Waals surface area contributed by atoms with Gasteiger partial charge in [0.25, 0.3) is 6.47 Å². The molecule has 4 heteroatoms. The highest BCUT2D eigenvalue weighted by atomic mass is 16.5. The molecule has 1 rings (SSSR count). The van der Waals surface area contributed by atoms with Crippen LogP contribution in [0.15, 0.2) is 0 Å². The van der Waals surface area contributed by atoms with E-state index < -0.39 is 0 Å². The molecule has 0 heterocycles. The van der Waals surface area contributed by atoms with E-state index in [2.05, 4.69) is 4.74 Å². The lowest BCUT2D eigenvalue weighted by Gasteiger charge is -2.18. The van der Waals surface area contributed by atoms with Crippen molar-refractivity contribution in [3.05, 3.63) is 0 Å². The third-order valence-corrected chi connectivity index (χ3v) is 2.14. The molecule has 1 aliphatic rings. The van der Waals surface area contributed by atoms with Crippen molar-refractivity contribution in [1.29, 1.82) is 0 Å². The van der Waals surface area contributed by atoms with Gasteiger partial charge in [-0.3, -0.25) is 14.4 Å². The fraction of sp³-hybridized carbons (Fsp3) is 0.667. The molecule has 1 fully saturated rings. The highest BCUT2D eigenvalue weighted by Gasteiger charge is 2.24. The van der Waals surface area contributed by atoms with Crippen molar-refractivity contribution in [2.24, 2.45) is 5.92 Å². The topological polar surface area (TPSA) is 60.4 Å². The fourth-order valence-corrected chi connectivity index (χ4v) is 1.57. The van der Waals surface area contributed by atoms with Gasteiger partial charge in [-0.1, -0.05) is 0 Å². The maximum absolute atomic E-state index is 11.0. The molecular weight excluding hydrogens is 172 g/mol. The summed E-state index contributed by atoms with van der Waals surface area (Å²) in [6, 6.07) is 0. The highest BCUT2D eigenvalue weighted by molar-refractivity contribution is 6.01. The van der Waals surface area contributed by atoms with Crippen LogP contribution in [0.25, 0.3) is 0 Å². The van der Waals surface area contributed by atoms with Crippen LogP contribution in [0.2, 0.25) is 0 Å². The summed E-state index contributed by atoms with van der Waals surface area (Å²) in [7, 11) is 0. The maximum Gasteiger partial charge on any atom is 0.293 e. The molecule has 0 aromatic carbocycles. The van der Waals surface area contributed by atoms with Crippen molar-refractivity contribution >= 4 is 18.0 Å².